The molecule has 0 aliphatic rings. The fourth-order valence-corrected chi connectivity index (χ4v) is 0.448. The molecule has 0 amide bonds. The molecule has 0 spiro atoms. The Balaban J connectivity index is 0. The summed E-state index contributed by atoms with van der Waals surface area (Å²) in [6.07, 6.45) is 2.13. The number of hydrogen-bond donors (Lipinski definition) is 1. The maximum atomic E-state index is 5.24. The van der Waals surface area contributed by atoms with Crippen molar-refractivity contribution in [3.05, 3.63) is 6.61 Å². The molecule has 3 heteroatoms. The maximum Gasteiger partial charge on any atom is 0.0112 e. The molecule has 0 aromatic carbocycles. The topological polar surface area (TPSA) is 35.2 Å². The van der Waals surface area contributed by atoms with Crippen LogP contribution in [0.1, 0.15) is 19.8 Å². The fourth-order valence-electron chi connectivity index (χ4n) is 0.448. The van der Waals surface area contributed by atoms with Gasteiger partial charge in [-0.2, -0.15) is 6.92 Å². The molecule has 54 valence electrons. The predicted octanol–water partition coefficient (Wildman–Crippen LogP) is 0.921. The smallest absolute Gasteiger partial charge is 0.0112 e. The van der Waals surface area contributed by atoms with E-state index in [2.05, 4.69) is 0 Å². The van der Waals surface area contributed by atoms with Gasteiger partial charge >= 0.3 is 0 Å². The van der Waals surface area contributed by atoms with E-state index in [1.807, 2.05) is 6.92 Å². The van der Waals surface area contributed by atoms with Crippen molar-refractivity contribution < 1.29 is 26.5 Å². The van der Waals surface area contributed by atoms with Crippen LogP contribution < -0.4 is 5.73 Å². The molecule has 0 saturated carbocycles. The van der Waals surface area contributed by atoms with Crippen LogP contribution in [0.5, 0.6) is 0 Å². The van der Waals surface area contributed by atoms with E-state index in [-0.39, 0.29) is 21.7 Å². The molecule has 0 fully saturated rings. The molecule has 0 radical (unpaired) electrons. The summed E-state index contributed by atoms with van der Waals surface area (Å²) in [6, 6.07) is 0. The van der Waals surface area contributed by atoms with Gasteiger partial charge in [-0.3, -0.25) is 0 Å². The van der Waals surface area contributed by atoms with E-state index in [0.717, 1.165) is 26.0 Å². The molecule has 0 bridgehead atoms. The summed E-state index contributed by atoms with van der Waals surface area (Å²) in [5.74, 6) is 0. The second-order valence-electron chi connectivity index (χ2n) is 1.60. The van der Waals surface area contributed by atoms with E-state index < -0.39 is 0 Å². The molecule has 0 aliphatic carbocycles. The van der Waals surface area contributed by atoms with Gasteiger partial charge in [-0.1, -0.05) is 0 Å². The van der Waals surface area contributed by atoms with Crippen LogP contribution in [0, 0.1) is 6.61 Å². The SMILES string of the molecule is C[CH-]OCCCCN.[Ti]. The molecule has 0 aromatic heterocycles. The minimum absolute atomic E-state index is 0. The van der Waals surface area contributed by atoms with Crippen LogP contribution in [0.25, 0.3) is 0 Å². The monoisotopic (exact) mass is 164 g/mol. The molecule has 2 nitrogen and oxygen atoms in total. The molecule has 0 rings (SSSR count). The zero-order valence-electron chi connectivity index (χ0n) is 5.89. The van der Waals surface area contributed by atoms with Crippen molar-refractivity contribution in [3.63, 3.8) is 0 Å². The van der Waals surface area contributed by atoms with Crippen molar-refractivity contribution in [1.29, 1.82) is 0 Å². The number of hydrogen-bond acceptors (Lipinski definition) is 2. The van der Waals surface area contributed by atoms with Gasteiger partial charge in [0, 0.05) is 28.3 Å². The Morgan fingerprint density at radius 3 is 2.56 bits per heavy atom. The van der Waals surface area contributed by atoms with Crippen LogP contribution >= 0.6 is 0 Å². The maximum absolute atomic E-state index is 5.24. The normalized spacial score (nSPS) is 8.67. The standard InChI is InChI=1S/C6H14NO.Ti/c1-2-8-6-4-3-5-7;/h2H,3-7H2,1H3;/q-1;. The first kappa shape index (κ1) is 12.3. The van der Waals surface area contributed by atoms with Crippen LogP contribution in [0.4, 0.5) is 0 Å². The van der Waals surface area contributed by atoms with Crippen LogP contribution in [-0.2, 0) is 26.5 Å². The Morgan fingerprint density at radius 1 is 1.44 bits per heavy atom. The Hall–Kier alpha value is 0.634. The molecular weight excluding hydrogens is 150 g/mol. The van der Waals surface area contributed by atoms with Crippen molar-refractivity contribution in [3.8, 4) is 0 Å². The van der Waals surface area contributed by atoms with Crippen molar-refractivity contribution in [2.75, 3.05) is 13.2 Å². The zero-order valence-corrected chi connectivity index (χ0v) is 7.45. The summed E-state index contributed by atoms with van der Waals surface area (Å²) >= 11 is 0. The second kappa shape index (κ2) is 11.4. The molecule has 0 unspecified atom stereocenters. The van der Waals surface area contributed by atoms with Crippen LogP contribution in [0.15, 0.2) is 0 Å². The number of unbranched alkanes of at least 4 members (excludes halogenated alkanes) is 1. The van der Waals surface area contributed by atoms with Gasteiger partial charge in [0.2, 0.25) is 0 Å². The second-order valence-corrected chi connectivity index (χ2v) is 1.60. The average Bonchev–Trinajstić information content (AvgIpc) is 1.81. The Labute approximate surface area is 72.0 Å². The van der Waals surface area contributed by atoms with Crippen molar-refractivity contribution in [2.24, 2.45) is 5.73 Å². The first-order chi connectivity index (χ1) is 3.91. The number of ether oxygens (including phenoxy) is 1. The van der Waals surface area contributed by atoms with Gasteiger partial charge in [0.25, 0.3) is 0 Å². The van der Waals surface area contributed by atoms with Crippen LogP contribution in [0.2, 0.25) is 0 Å². The molecule has 9 heavy (non-hydrogen) atoms. The molecule has 0 aliphatic heterocycles. The summed E-state index contributed by atoms with van der Waals surface area (Å²) in [6.45, 7) is 5.17. The van der Waals surface area contributed by atoms with Gasteiger partial charge in [0.15, 0.2) is 0 Å². The fraction of sp³-hybridized carbons (Fsp3) is 0.833. The number of nitrogens with two attached hydrogens (primary N) is 1. The van der Waals surface area contributed by atoms with E-state index in [0.29, 0.717) is 0 Å². The van der Waals surface area contributed by atoms with E-state index in [1.165, 1.54) is 0 Å². The van der Waals surface area contributed by atoms with E-state index >= 15 is 0 Å². The summed E-state index contributed by atoms with van der Waals surface area (Å²) in [5, 5.41) is 0. The predicted molar refractivity (Wildman–Crippen MR) is 34.2 cm³/mol. The molecule has 0 aromatic rings. The third-order valence-corrected chi connectivity index (χ3v) is 0.883. The van der Waals surface area contributed by atoms with Gasteiger partial charge in [-0.05, 0) is 19.4 Å². The first-order valence-electron chi connectivity index (χ1n) is 3.01. The largest absolute Gasteiger partial charge is 0.552 e. The van der Waals surface area contributed by atoms with Gasteiger partial charge in [-0.15, -0.1) is 0 Å². The van der Waals surface area contributed by atoms with Gasteiger partial charge in [0.05, 0.1) is 0 Å². The summed E-state index contributed by atoms with van der Waals surface area (Å²) in [5.41, 5.74) is 5.24. The Kier molecular flexibility index (Phi) is 15.7. The average molecular weight is 164 g/mol. The van der Waals surface area contributed by atoms with E-state index in [1.54, 1.807) is 6.61 Å². The minimum Gasteiger partial charge on any atom is -0.552 e. The summed E-state index contributed by atoms with van der Waals surface area (Å²) < 4.78 is 4.96. The third-order valence-electron chi connectivity index (χ3n) is 0.883. The van der Waals surface area contributed by atoms with Crippen LogP contribution in [0.3, 0.4) is 0 Å². The molecule has 0 atom stereocenters. The van der Waals surface area contributed by atoms with E-state index in [9.17, 15) is 0 Å². The first-order valence-corrected chi connectivity index (χ1v) is 3.01. The van der Waals surface area contributed by atoms with Crippen molar-refractivity contribution >= 4 is 0 Å². The zero-order chi connectivity index (χ0) is 6.24. The molecular formula is C6H14NOTi-. The Morgan fingerprint density at radius 2 is 2.11 bits per heavy atom. The Bertz CT molecular complexity index is 38.0. The third kappa shape index (κ3) is 12.0. The van der Waals surface area contributed by atoms with Crippen molar-refractivity contribution in [2.45, 2.75) is 19.8 Å². The van der Waals surface area contributed by atoms with Crippen LogP contribution in [-0.4, -0.2) is 13.2 Å². The molecule has 0 saturated heterocycles. The van der Waals surface area contributed by atoms with Gasteiger partial charge in [-0.25, -0.2) is 6.61 Å². The van der Waals surface area contributed by atoms with Crippen molar-refractivity contribution in [1.82, 2.24) is 0 Å². The minimum atomic E-state index is 0. The molecule has 2 N–H and O–H groups in total. The number of rotatable bonds is 5. The quantitative estimate of drug-likeness (QED) is 0.372. The van der Waals surface area contributed by atoms with E-state index in [4.69, 9.17) is 10.5 Å². The summed E-state index contributed by atoms with van der Waals surface area (Å²) in [4.78, 5) is 0. The summed E-state index contributed by atoms with van der Waals surface area (Å²) in [7, 11) is 0. The van der Waals surface area contributed by atoms with Gasteiger partial charge < -0.3 is 10.5 Å². The van der Waals surface area contributed by atoms with Gasteiger partial charge in [0.1, 0.15) is 0 Å². The molecule has 0 heterocycles.